The lowest BCUT2D eigenvalue weighted by atomic mass is 10.3. The molecule has 0 bridgehead atoms. The first-order valence-electron chi connectivity index (χ1n) is 7.36. The zero-order valence-electron chi connectivity index (χ0n) is 13.1. The maximum Gasteiger partial charge on any atom is 0.341 e. The van der Waals surface area contributed by atoms with Gasteiger partial charge in [-0.3, -0.25) is 4.79 Å². The molecule has 0 aliphatic rings. The summed E-state index contributed by atoms with van der Waals surface area (Å²) in [7, 11) is -4.81. The summed E-state index contributed by atoms with van der Waals surface area (Å²) in [6.07, 6.45) is 0. The molecule has 26 heavy (non-hydrogen) atoms. The van der Waals surface area contributed by atoms with Gasteiger partial charge in [-0.1, -0.05) is 36.0 Å². The molecule has 3 rings (SSSR count). The molecule has 0 atom stereocenters. The quantitative estimate of drug-likeness (QED) is 0.623. The molecule has 0 radical (unpaired) electrons. The Balaban J connectivity index is 1.71. The smallest absolute Gasteiger partial charge is 0.333 e. The van der Waals surface area contributed by atoms with Crippen LogP contribution in [0.3, 0.4) is 0 Å². The molecule has 3 aromatic rings. The third-order valence-corrected chi connectivity index (χ3v) is 5.72. The molecule has 0 saturated heterocycles. The number of anilines is 1. The number of sulfone groups is 1. The number of H-pyrrole nitrogens is 1. The van der Waals surface area contributed by atoms with Gasteiger partial charge in [0.25, 0.3) is 0 Å². The zero-order chi connectivity index (χ0) is 18.7. The van der Waals surface area contributed by atoms with Crippen molar-refractivity contribution < 1.29 is 22.0 Å². The maximum absolute atomic E-state index is 12.8. The highest BCUT2D eigenvalue weighted by Gasteiger charge is 2.29. The number of hydrogen-bond acceptors (Lipinski definition) is 5. The molecule has 0 saturated carbocycles. The zero-order valence-corrected chi connectivity index (χ0v) is 14.8. The number of benzene rings is 2. The Morgan fingerprint density at radius 2 is 1.85 bits per heavy atom. The predicted molar refractivity (Wildman–Crippen MR) is 95.1 cm³/mol. The van der Waals surface area contributed by atoms with Gasteiger partial charge in [0.15, 0.2) is 5.16 Å². The first kappa shape index (κ1) is 18.3. The van der Waals surface area contributed by atoms with Crippen LogP contribution in [0.1, 0.15) is 0 Å². The summed E-state index contributed by atoms with van der Waals surface area (Å²) >= 11 is 1.12. The van der Waals surface area contributed by atoms with E-state index < -0.39 is 26.4 Å². The first-order valence-corrected chi connectivity index (χ1v) is 9.89. The number of amides is 1. The van der Waals surface area contributed by atoms with Gasteiger partial charge in [-0.2, -0.15) is 8.78 Å². The van der Waals surface area contributed by atoms with Gasteiger partial charge in [0.2, 0.25) is 15.7 Å². The van der Waals surface area contributed by atoms with E-state index in [4.69, 9.17) is 0 Å². The van der Waals surface area contributed by atoms with Gasteiger partial charge in [-0.25, -0.2) is 13.4 Å². The third kappa shape index (κ3) is 3.86. The van der Waals surface area contributed by atoms with Crippen molar-refractivity contribution in [2.24, 2.45) is 0 Å². The normalized spacial score (nSPS) is 11.8. The summed E-state index contributed by atoms with van der Waals surface area (Å²) in [5.74, 6) is -4.17. The summed E-state index contributed by atoms with van der Waals surface area (Å²) in [5, 5.41) is 2.88. The van der Waals surface area contributed by atoms with Crippen molar-refractivity contribution in [3.63, 3.8) is 0 Å². The number of fused-ring (bicyclic) bond motifs is 1. The van der Waals surface area contributed by atoms with Crippen LogP contribution >= 0.6 is 11.8 Å². The average Bonchev–Trinajstić information content (AvgIpc) is 3.03. The molecule has 0 fully saturated rings. The molecular weight excluding hydrogens is 384 g/mol. The van der Waals surface area contributed by atoms with Gasteiger partial charge in [0.05, 0.1) is 27.4 Å². The molecule has 0 spiro atoms. The Bertz CT molecular complexity index is 1020. The lowest BCUT2D eigenvalue weighted by molar-refractivity contribution is -0.113. The van der Waals surface area contributed by atoms with E-state index in [1.165, 1.54) is 18.2 Å². The Morgan fingerprint density at radius 1 is 1.15 bits per heavy atom. The lowest BCUT2D eigenvalue weighted by Gasteiger charge is -2.10. The number of nitrogens with zero attached hydrogens (tertiary/aromatic N) is 1. The van der Waals surface area contributed by atoms with Crippen LogP contribution in [-0.4, -0.2) is 35.8 Å². The van der Waals surface area contributed by atoms with Crippen LogP contribution < -0.4 is 5.32 Å². The molecule has 1 heterocycles. The van der Waals surface area contributed by atoms with Crippen molar-refractivity contribution in [2.45, 2.75) is 15.8 Å². The van der Waals surface area contributed by atoms with Crippen LogP contribution in [-0.2, 0) is 14.6 Å². The van der Waals surface area contributed by atoms with Crippen LogP contribution in [0.2, 0.25) is 0 Å². The second-order valence-corrected chi connectivity index (χ2v) is 8.05. The Labute approximate surface area is 151 Å². The molecule has 2 N–H and O–H groups in total. The SMILES string of the molecule is O=C(CSc1nc2ccccc2[nH]1)Nc1ccccc1S(=O)(=O)C(F)F. The number of para-hydroxylation sites is 3. The van der Waals surface area contributed by atoms with Crippen LogP contribution in [0.5, 0.6) is 0 Å². The van der Waals surface area contributed by atoms with E-state index in [1.807, 2.05) is 24.3 Å². The number of hydrogen-bond donors (Lipinski definition) is 2. The van der Waals surface area contributed by atoms with E-state index in [1.54, 1.807) is 0 Å². The minimum Gasteiger partial charge on any atom is -0.333 e. The molecule has 2 aromatic carbocycles. The van der Waals surface area contributed by atoms with Crippen molar-refractivity contribution in [1.82, 2.24) is 9.97 Å². The summed E-state index contributed by atoms with van der Waals surface area (Å²) in [4.78, 5) is 18.8. The summed E-state index contributed by atoms with van der Waals surface area (Å²) in [6.45, 7) is 0. The monoisotopic (exact) mass is 397 g/mol. The third-order valence-electron chi connectivity index (χ3n) is 3.41. The van der Waals surface area contributed by atoms with Crippen molar-refractivity contribution in [2.75, 3.05) is 11.1 Å². The Morgan fingerprint density at radius 3 is 2.58 bits per heavy atom. The van der Waals surface area contributed by atoms with E-state index >= 15 is 0 Å². The molecule has 136 valence electrons. The van der Waals surface area contributed by atoms with Crippen LogP contribution in [0.15, 0.2) is 58.6 Å². The largest absolute Gasteiger partial charge is 0.341 e. The highest BCUT2D eigenvalue weighted by molar-refractivity contribution is 7.99. The lowest BCUT2D eigenvalue weighted by Crippen LogP contribution is -2.19. The number of alkyl halides is 2. The standard InChI is InChI=1S/C16H13F2N3O3S2/c17-15(18)26(23,24)13-8-4-3-7-12(13)19-14(22)9-25-16-20-10-5-1-2-6-11(10)21-16/h1-8,15H,9H2,(H,19,22)(H,20,21). The fourth-order valence-electron chi connectivity index (χ4n) is 2.23. The van der Waals surface area contributed by atoms with Crippen LogP contribution in [0.4, 0.5) is 14.5 Å². The molecular formula is C16H13F2N3O3S2. The van der Waals surface area contributed by atoms with E-state index in [0.717, 1.165) is 28.9 Å². The molecule has 1 aromatic heterocycles. The van der Waals surface area contributed by atoms with Gasteiger partial charge >= 0.3 is 5.76 Å². The van der Waals surface area contributed by atoms with Gasteiger partial charge in [0, 0.05) is 0 Å². The van der Waals surface area contributed by atoms with Gasteiger partial charge < -0.3 is 10.3 Å². The minimum atomic E-state index is -4.81. The number of aromatic amines is 1. The van der Waals surface area contributed by atoms with E-state index in [-0.39, 0.29) is 11.4 Å². The number of thioether (sulfide) groups is 1. The van der Waals surface area contributed by atoms with Gasteiger partial charge in [-0.15, -0.1) is 0 Å². The molecule has 6 nitrogen and oxygen atoms in total. The second-order valence-electron chi connectivity index (χ2n) is 5.20. The second kappa shape index (κ2) is 7.42. The number of nitrogens with one attached hydrogen (secondary N) is 2. The summed E-state index contributed by atoms with van der Waals surface area (Å²) in [5.41, 5.74) is 1.40. The van der Waals surface area contributed by atoms with Crippen molar-refractivity contribution >= 4 is 44.2 Å². The fourth-order valence-corrected chi connectivity index (χ4v) is 3.80. The van der Waals surface area contributed by atoms with Crippen molar-refractivity contribution in [3.05, 3.63) is 48.5 Å². The summed E-state index contributed by atoms with van der Waals surface area (Å²) in [6, 6.07) is 12.4. The van der Waals surface area contributed by atoms with Gasteiger partial charge in [0.1, 0.15) is 0 Å². The Hall–Kier alpha value is -2.46. The van der Waals surface area contributed by atoms with Crippen molar-refractivity contribution in [3.8, 4) is 0 Å². The molecule has 0 aliphatic carbocycles. The van der Waals surface area contributed by atoms with Crippen LogP contribution in [0, 0.1) is 0 Å². The topological polar surface area (TPSA) is 91.9 Å². The number of imidazole rings is 1. The van der Waals surface area contributed by atoms with E-state index in [2.05, 4.69) is 15.3 Å². The summed E-state index contributed by atoms with van der Waals surface area (Å²) < 4.78 is 48.9. The molecule has 10 heteroatoms. The highest BCUT2D eigenvalue weighted by Crippen LogP contribution is 2.26. The van der Waals surface area contributed by atoms with E-state index in [9.17, 15) is 22.0 Å². The Kier molecular flexibility index (Phi) is 5.23. The maximum atomic E-state index is 12.8. The number of carbonyl (C=O) groups excluding carboxylic acids is 1. The first-order chi connectivity index (χ1) is 12.4. The van der Waals surface area contributed by atoms with E-state index in [0.29, 0.717) is 5.16 Å². The minimum absolute atomic E-state index is 0.0666. The molecule has 0 unspecified atom stereocenters. The van der Waals surface area contributed by atoms with Gasteiger partial charge in [-0.05, 0) is 24.3 Å². The number of rotatable bonds is 6. The van der Waals surface area contributed by atoms with Crippen LogP contribution in [0.25, 0.3) is 11.0 Å². The number of halogens is 2. The molecule has 0 aliphatic heterocycles. The highest BCUT2D eigenvalue weighted by atomic mass is 32.2. The fraction of sp³-hybridized carbons (Fsp3) is 0.125. The van der Waals surface area contributed by atoms with Crippen molar-refractivity contribution in [1.29, 1.82) is 0 Å². The average molecular weight is 397 g/mol. The number of aromatic nitrogens is 2. The predicted octanol–water partition coefficient (Wildman–Crippen LogP) is 3.29. The molecule has 1 amide bonds. The number of carbonyl (C=O) groups is 1.